The van der Waals surface area contributed by atoms with Crippen LogP contribution in [0.1, 0.15) is 31.2 Å². The van der Waals surface area contributed by atoms with E-state index in [0.29, 0.717) is 25.0 Å². The van der Waals surface area contributed by atoms with E-state index in [1.165, 1.54) is 0 Å². The van der Waals surface area contributed by atoms with E-state index in [1.807, 2.05) is 36.4 Å². The van der Waals surface area contributed by atoms with Crippen molar-refractivity contribution in [1.29, 1.82) is 0 Å². The van der Waals surface area contributed by atoms with Crippen LogP contribution in [0.15, 0.2) is 48.8 Å². The predicted molar refractivity (Wildman–Crippen MR) is 105 cm³/mol. The Hall–Kier alpha value is -2.60. The minimum Gasteiger partial charge on any atom is -0.489 e. The molecule has 1 aliphatic carbocycles. The largest absolute Gasteiger partial charge is 0.489 e. The third-order valence-corrected chi connectivity index (χ3v) is 4.97. The molecule has 27 heavy (non-hydrogen) atoms. The van der Waals surface area contributed by atoms with Crippen LogP contribution >= 0.6 is 0 Å². The zero-order valence-corrected chi connectivity index (χ0v) is 15.4. The fourth-order valence-corrected chi connectivity index (χ4v) is 3.45. The molecular formula is C21H27N3O3. The smallest absolute Gasteiger partial charge is 0.319 e. The molecule has 0 spiro atoms. The average Bonchev–Trinajstić information content (AvgIpc) is 2.73. The second-order valence-corrected chi connectivity index (χ2v) is 7.08. The highest BCUT2D eigenvalue weighted by molar-refractivity contribution is 5.89. The Morgan fingerprint density at radius 1 is 1.11 bits per heavy atom. The Kier molecular flexibility index (Phi) is 7.04. The predicted octanol–water partition coefficient (Wildman–Crippen LogP) is 3.58. The number of aliphatic hydroxyl groups excluding tert-OH is 1. The molecule has 0 unspecified atom stereocenters. The highest BCUT2D eigenvalue weighted by Gasteiger charge is 2.21. The van der Waals surface area contributed by atoms with Gasteiger partial charge in [0.1, 0.15) is 12.4 Å². The summed E-state index contributed by atoms with van der Waals surface area (Å²) in [6.07, 6.45) is 7.79. The summed E-state index contributed by atoms with van der Waals surface area (Å²) in [5.74, 6) is 1.58. The van der Waals surface area contributed by atoms with Crippen LogP contribution in [0.5, 0.6) is 5.75 Å². The van der Waals surface area contributed by atoms with Crippen molar-refractivity contribution in [3.8, 4) is 5.75 Å². The standard InChI is InChI=1S/C21H27N3O3/c25-14-18-3-1-2-17(12-18)13-23-21(26)24-19-4-6-20(7-5-19)27-15-16-8-10-22-11-9-16/h4-11,17-18,25H,1-3,12-15H2,(H2,23,24,26)/t17-,18+/m0/s1. The molecule has 3 N–H and O–H groups in total. The van der Waals surface area contributed by atoms with Gasteiger partial charge < -0.3 is 20.5 Å². The van der Waals surface area contributed by atoms with Crippen LogP contribution in [-0.4, -0.2) is 29.3 Å². The number of urea groups is 1. The molecule has 1 aromatic carbocycles. The fourth-order valence-electron chi connectivity index (χ4n) is 3.45. The summed E-state index contributed by atoms with van der Waals surface area (Å²) in [5.41, 5.74) is 1.78. The number of ether oxygens (including phenoxy) is 1. The summed E-state index contributed by atoms with van der Waals surface area (Å²) < 4.78 is 5.72. The van der Waals surface area contributed by atoms with Gasteiger partial charge in [-0.25, -0.2) is 4.79 Å². The lowest BCUT2D eigenvalue weighted by Gasteiger charge is -2.27. The van der Waals surface area contributed by atoms with E-state index in [-0.39, 0.29) is 12.6 Å². The normalized spacial score (nSPS) is 19.3. The maximum Gasteiger partial charge on any atom is 0.319 e. The molecule has 0 aliphatic heterocycles. The molecule has 1 heterocycles. The number of pyridine rings is 1. The Bertz CT molecular complexity index is 706. The first kappa shape index (κ1) is 19.2. The van der Waals surface area contributed by atoms with Gasteiger partial charge in [0, 0.05) is 31.2 Å². The Morgan fingerprint density at radius 2 is 1.85 bits per heavy atom. The molecule has 1 saturated carbocycles. The van der Waals surface area contributed by atoms with Crippen LogP contribution in [-0.2, 0) is 6.61 Å². The molecule has 6 heteroatoms. The van der Waals surface area contributed by atoms with Crippen molar-refractivity contribution in [1.82, 2.24) is 10.3 Å². The van der Waals surface area contributed by atoms with E-state index in [4.69, 9.17) is 4.74 Å². The number of anilines is 1. The molecule has 2 aromatic rings. The minimum absolute atomic E-state index is 0.202. The summed E-state index contributed by atoms with van der Waals surface area (Å²) in [6.45, 7) is 1.37. The van der Waals surface area contributed by atoms with E-state index in [9.17, 15) is 9.90 Å². The van der Waals surface area contributed by atoms with Gasteiger partial charge >= 0.3 is 6.03 Å². The summed E-state index contributed by atoms with van der Waals surface area (Å²) in [6, 6.07) is 10.9. The van der Waals surface area contributed by atoms with Crippen LogP contribution in [0.2, 0.25) is 0 Å². The van der Waals surface area contributed by atoms with Gasteiger partial charge in [0.15, 0.2) is 0 Å². The molecule has 0 bridgehead atoms. The van der Waals surface area contributed by atoms with Gasteiger partial charge in [0.25, 0.3) is 0 Å². The van der Waals surface area contributed by atoms with Crippen LogP contribution in [0.4, 0.5) is 10.5 Å². The summed E-state index contributed by atoms with van der Waals surface area (Å²) in [7, 11) is 0. The van der Waals surface area contributed by atoms with Gasteiger partial charge in [-0.15, -0.1) is 0 Å². The monoisotopic (exact) mass is 369 g/mol. The highest BCUT2D eigenvalue weighted by Crippen LogP contribution is 2.28. The van der Waals surface area contributed by atoms with Crippen molar-refractivity contribution >= 4 is 11.7 Å². The van der Waals surface area contributed by atoms with E-state index >= 15 is 0 Å². The van der Waals surface area contributed by atoms with Crippen molar-refractivity contribution in [3.63, 3.8) is 0 Å². The molecule has 0 saturated heterocycles. The molecule has 1 fully saturated rings. The lowest BCUT2D eigenvalue weighted by Crippen LogP contribution is -2.35. The number of amides is 2. The number of aliphatic hydroxyl groups is 1. The summed E-state index contributed by atoms with van der Waals surface area (Å²) in [5, 5.41) is 15.1. The van der Waals surface area contributed by atoms with Crippen LogP contribution in [0.25, 0.3) is 0 Å². The van der Waals surface area contributed by atoms with Crippen molar-refractivity contribution in [2.24, 2.45) is 11.8 Å². The summed E-state index contributed by atoms with van der Waals surface area (Å²) in [4.78, 5) is 16.1. The van der Waals surface area contributed by atoms with E-state index in [2.05, 4.69) is 15.6 Å². The van der Waals surface area contributed by atoms with Gasteiger partial charge in [0.2, 0.25) is 0 Å². The first-order valence-corrected chi connectivity index (χ1v) is 9.50. The van der Waals surface area contributed by atoms with Crippen molar-refractivity contribution in [3.05, 3.63) is 54.4 Å². The number of nitrogens with one attached hydrogen (secondary N) is 2. The second kappa shape index (κ2) is 9.92. The van der Waals surface area contributed by atoms with E-state index in [1.54, 1.807) is 12.4 Å². The third kappa shape index (κ3) is 6.25. The minimum atomic E-state index is -0.202. The van der Waals surface area contributed by atoms with Gasteiger partial charge in [0.05, 0.1) is 0 Å². The highest BCUT2D eigenvalue weighted by atomic mass is 16.5. The fraction of sp³-hybridized carbons (Fsp3) is 0.429. The lowest BCUT2D eigenvalue weighted by molar-refractivity contribution is 0.160. The maximum atomic E-state index is 12.1. The van der Waals surface area contributed by atoms with E-state index < -0.39 is 0 Å². The topological polar surface area (TPSA) is 83.5 Å². The number of hydrogen-bond donors (Lipinski definition) is 3. The van der Waals surface area contributed by atoms with Crippen LogP contribution in [0, 0.1) is 11.8 Å². The van der Waals surface area contributed by atoms with Gasteiger partial charge in [-0.1, -0.05) is 6.42 Å². The molecule has 2 atom stereocenters. The number of rotatable bonds is 7. The third-order valence-electron chi connectivity index (χ3n) is 4.97. The lowest BCUT2D eigenvalue weighted by atomic mass is 9.82. The number of benzene rings is 1. The number of nitrogens with zero attached hydrogens (tertiary/aromatic N) is 1. The number of aromatic nitrogens is 1. The molecule has 3 rings (SSSR count). The zero-order valence-electron chi connectivity index (χ0n) is 15.4. The zero-order chi connectivity index (χ0) is 18.9. The molecule has 1 aromatic heterocycles. The number of carbonyl (C=O) groups is 1. The summed E-state index contributed by atoms with van der Waals surface area (Å²) >= 11 is 0. The van der Waals surface area contributed by atoms with Gasteiger partial charge in [-0.3, -0.25) is 4.98 Å². The first-order valence-electron chi connectivity index (χ1n) is 9.50. The number of carbonyl (C=O) groups excluding carboxylic acids is 1. The number of hydrogen-bond acceptors (Lipinski definition) is 4. The molecular weight excluding hydrogens is 342 g/mol. The van der Waals surface area contributed by atoms with Crippen molar-refractivity contribution in [2.75, 3.05) is 18.5 Å². The SMILES string of the molecule is O=C(NC[C@H]1CCC[C@@H](CO)C1)Nc1ccc(OCc2ccncc2)cc1. The van der Waals surface area contributed by atoms with E-state index in [0.717, 1.165) is 42.7 Å². The van der Waals surface area contributed by atoms with Crippen molar-refractivity contribution < 1.29 is 14.6 Å². The molecule has 1 aliphatic rings. The van der Waals surface area contributed by atoms with Crippen molar-refractivity contribution in [2.45, 2.75) is 32.3 Å². The maximum absolute atomic E-state index is 12.1. The first-order chi connectivity index (χ1) is 13.2. The Morgan fingerprint density at radius 3 is 2.59 bits per heavy atom. The Labute approximate surface area is 160 Å². The molecule has 144 valence electrons. The Balaban J connectivity index is 1.40. The molecule has 2 amide bonds. The molecule has 6 nitrogen and oxygen atoms in total. The van der Waals surface area contributed by atoms with Crippen LogP contribution in [0.3, 0.4) is 0 Å². The van der Waals surface area contributed by atoms with Gasteiger partial charge in [-0.2, -0.15) is 0 Å². The quantitative estimate of drug-likeness (QED) is 0.696. The van der Waals surface area contributed by atoms with Crippen LogP contribution < -0.4 is 15.4 Å². The second-order valence-electron chi connectivity index (χ2n) is 7.08. The molecule has 0 radical (unpaired) electrons. The van der Waals surface area contributed by atoms with Gasteiger partial charge in [-0.05, 0) is 73.1 Å². The average molecular weight is 369 g/mol.